The van der Waals surface area contributed by atoms with Crippen LogP contribution in [0.25, 0.3) is 10.9 Å². The highest BCUT2D eigenvalue weighted by Gasteiger charge is 2.09. The molecule has 7 heteroatoms. The molecule has 0 aliphatic carbocycles. The lowest BCUT2D eigenvalue weighted by atomic mass is 10.2. The molecule has 0 radical (unpaired) electrons. The molecule has 0 fully saturated rings. The molecule has 0 atom stereocenters. The lowest BCUT2D eigenvalue weighted by Crippen LogP contribution is -2.10. The molecule has 1 heterocycles. The largest absolute Gasteiger partial charge is 0.489 e. The van der Waals surface area contributed by atoms with Crippen LogP contribution in [-0.2, 0) is 4.74 Å². The van der Waals surface area contributed by atoms with Crippen LogP contribution in [0.15, 0.2) is 36.2 Å². The standard InChI is InChI=1S/C16H18F2N2O3/c1-21-4-5-22-16-14(18)7-12-6-13(2-3-15(12)20-16)23-10-11(8-17)9-19/h2-3,6-8H,4-5,9-10,19H2,1H3/b11-8+. The van der Waals surface area contributed by atoms with Gasteiger partial charge in [-0.15, -0.1) is 0 Å². The predicted octanol–water partition coefficient (Wildman–Crippen LogP) is 2.59. The summed E-state index contributed by atoms with van der Waals surface area (Å²) in [6, 6.07) is 6.27. The molecule has 0 amide bonds. The third kappa shape index (κ3) is 4.61. The van der Waals surface area contributed by atoms with Gasteiger partial charge < -0.3 is 19.9 Å². The number of hydrogen-bond donors (Lipinski definition) is 1. The Hall–Kier alpha value is -2.25. The zero-order valence-corrected chi connectivity index (χ0v) is 12.7. The third-order valence-corrected chi connectivity index (χ3v) is 3.07. The van der Waals surface area contributed by atoms with Crippen molar-refractivity contribution in [2.24, 2.45) is 5.73 Å². The maximum Gasteiger partial charge on any atom is 0.251 e. The van der Waals surface area contributed by atoms with Crippen LogP contribution in [-0.4, -0.2) is 38.5 Å². The van der Waals surface area contributed by atoms with Gasteiger partial charge in [-0.25, -0.2) is 13.8 Å². The molecule has 2 N–H and O–H groups in total. The first-order chi connectivity index (χ1) is 11.2. The van der Waals surface area contributed by atoms with Crippen LogP contribution in [0.2, 0.25) is 0 Å². The first kappa shape index (κ1) is 17.1. The Kier molecular flexibility index (Phi) is 6.25. The highest BCUT2D eigenvalue weighted by molar-refractivity contribution is 5.80. The van der Waals surface area contributed by atoms with Gasteiger partial charge in [0.2, 0.25) is 0 Å². The van der Waals surface area contributed by atoms with E-state index in [4.69, 9.17) is 19.9 Å². The number of methoxy groups -OCH3 is 1. The summed E-state index contributed by atoms with van der Waals surface area (Å²) in [5.41, 5.74) is 6.25. The first-order valence-electron chi connectivity index (χ1n) is 7.01. The fourth-order valence-corrected chi connectivity index (χ4v) is 1.83. The topological polar surface area (TPSA) is 66.6 Å². The number of hydrogen-bond acceptors (Lipinski definition) is 5. The van der Waals surface area contributed by atoms with Gasteiger partial charge in [-0.2, -0.15) is 0 Å². The summed E-state index contributed by atoms with van der Waals surface area (Å²) in [5, 5.41) is 0.553. The molecule has 124 valence electrons. The van der Waals surface area contributed by atoms with Crippen LogP contribution in [0.5, 0.6) is 11.6 Å². The van der Waals surface area contributed by atoms with Crippen molar-refractivity contribution in [1.82, 2.24) is 4.98 Å². The van der Waals surface area contributed by atoms with Gasteiger partial charge in [0.15, 0.2) is 5.82 Å². The Labute approximate surface area is 132 Å². The number of ether oxygens (including phenoxy) is 3. The minimum absolute atomic E-state index is 0.0344. The molecule has 1 aromatic carbocycles. The van der Waals surface area contributed by atoms with Crippen molar-refractivity contribution in [3.05, 3.63) is 42.0 Å². The zero-order chi connectivity index (χ0) is 16.7. The Morgan fingerprint density at radius 3 is 2.78 bits per heavy atom. The third-order valence-electron chi connectivity index (χ3n) is 3.07. The number of pyridine rings is 1. The van der Waals surface area contributed by atoms with E-state index in [1.54, 1.807) is 18.2 Å². The fraction of sp³-hybridized carbons (Fsp3) is 0.312. The van der Waals surface area contributed by atoms with Gasteiger partial charge in [0.25, 0.3) is 5.88 Å². The lowest BCUT2D eigenvalue weighted by Gasteiger charge is -2.10. The molecule has 0 unspecified atom stereocenters. The van der Waals surface area contributed by atoms with Gasteiger partial charge in [-0.05, 0) is 24.3 Å². The number of nitrogens with two attached hydrogens (primary N) is 1. The molecule has 0 spiro atoms. The van der Waals surface area contributed by atoms with Crippen molar-refractivity contribution in [2.45, 2.75) is 0 Å². The van der Waals surface area contributed by atoms with Gasteiger partial charge in [-0.3, -0.25) is 0 Å². The van der Waals surface area contributed by atoms with Crippen LogP contribution in [0.4, 0.5) is 8.78 Å². The van der Waals surface area contributed by atoms with E-state index < -0.39 is 5.82 Å². The highest BCUT2D eigenvalue weighted by atomic mass is 19.1. The van der Waals surface area contributed by atoms with E-state index in [9.17, 15) is 8.78 Å². The molecular weight excluding hydrogens is 306 g/mol. The Bertz CT molecular complexity index is 692. The minimum atomic E-state index is -0.572. The number of halogens is 2. The normalized spacial score (nSPS) is 11.7. The number of fused-ring (bicyclic) bond motifs is 1. The Balaban J connectivity index is 2.15. The van der Waals surface area contributed by atoms with Gasteiger partial charge in [-0.1, -0.05) is 0 Å². The van der Waals surface area contributed by atoms with Crippen LogP contribution >= 0.6 is 0 Å². The summed E-state index contributed by atoms with van der Waals surface area (Å²) < 4.78 is 41.9. The maximum atomic E-state index is 14.0. The molecule has 0 bridgehead atoms. The molecule has 23 heavy (non-hydrogen) atoms. The van der Waals surface area contributed by atoms with Crippen LogP contribution in [0.1, 0.15) is 0 Å². The van der Waals surface area contributed by atoms with Gasteiger partial charge in [0, 0.05) is 24.6 Å². The fourth-order valence-electron chi connectivity index (χ4n) is 1.83. The van der Waals surface area contributed by atoms with E-state index in [2.05, 4.69) is 4.98 Å². The summed E-state index contributed by atoms with van der Waals surface area (Å²) in [5.74, 6) is -0.175. The van der Waals surface area contributed by atoms with Crippen molar-refractivity contribution in [2.75, 3.05) is 33.5 Å². The maximum absolute atomic E-state index is 14.0. The summed E-state index contributed by atoms with van der Waals surface area (Å²) in [7, 11) is 1.53. The molecule has 2 aromatic rings. The average molecular weight is 324 g/mol. The molecule has 0 saturated heterocycles. The number of benzene rings is 1. The van der Waals surface area contributed by atoms with E-state index in [1.807, 2.05) is 0 Å². The Morgan fingerprint density at radius 2 is 2.09 bits per heavy atom. The molecular formula is C16H18F2N2O3. The van der Waals surface area contributed by atoms with Gasteiger partial charge in [0.1, 0.15) is 19.0 Å². The van der Waals surface area contributed by atoms with Crippen molar-refractivity contribution >= 4 is 10.9 Å². The monoisotopic (exact) mass is 324 g/mol. The van der Waals surface area contributed by atoms with E-state index in [0.29, 0.717) is 35.2 Å². The van der Waals surface area contributed by atoms with Gasteiger partial charge in [0.05, 0.1) is 18.5 Å². The average Bonchev–Trinajstić information content (AvgIpc) is 2.56. The van der Waals surface area contributed by atoms with Crippen LogP contribution in [0, 0.1) is 5.82 Å². The van der Waals surface area contributed by atoms with E-state index in [0.717, 1.165) is 0 Å². The Morgan fingerprint density at radius 1 is 1.26 bits per heavy atom. The number of nitrogens with zero attached hydrogens (tertiary/aromatic N) is 1. The second-order valence-corrected chi connectivity index (χ2v) is 4.73. The number of aromatic nitrogens is 1. The smallest absolute Gasteiger partial charge is 0.251 e. The van der Waals surface area contributed by atoms with Crippen molar-refractivity contribution in [1.29, 1.82) is 0 Å². The summed E-state index contributed by atoms with van der Waals surface area (Å²) in [6.45, 7) is 0.664. The summed E-state index contributed by atoms with van der Waals surface area (Å²) in [6.07, 6.45) is 0.423. The SMILES string of the molecule is COCCOc1nc2ccc(OC/C(=C/F)CN)cc2cc1F. The van der Waals surface area contributed by atoms with Gasteiger partial charge >= 0.3 is 0 Å². The first-order valence-corrected chi connectivity index (χ1v) is 7.01. The second kappa shape index (κ2) is 8.40. The summed E-state index contributed by atoms with van der Waals surface area (Å²) in [4.78, 5) is 4.12. The minimum Gasteiger partial charge on any atom is -0.489 e. The van der Waals surface area contributed by atoms with Crippen molar-refractivity contribution < 1.29 is 23.0 Å². The molecule has 5 nitrogen and oxygen atoms in total. The molecule has 0 aliphatic heterocycles. The van der Waals surface area contributed by atoms with Crippen molar-refractivity contribution in [3.8, 4) is 11.6 Å². The molecule has 2 rings (SSSR count). The van der Waals surface area contributed by atoms with E-state index in [-0.39, 0.29) is 25.6 Å². The lowest BCUT2D eigenvalue weighted by molar-refractivity contribution is 0.141. The van der Waals surface area contributed by atoms with Crippen molar-refractivity contribution in [3.63, 3.8) is 0 Å². The van der Waals surface area contributed by atoms with Crippen LogP contribution in [0.3, 0.4) is 0 Å². The highest BCUT2D eigenvalue weighted by Crippen LogP contribution is 2.25. The quantitative estimate of drug-likeness (QED) is 0.756. The number of rotatable bonds is 8. The summed E-state index contributed by atoms with van der Waals surface area (Å²) >= 11 is 0. The molecule has 1 aromatic heterocycles. The predicted molar refractivity (Wildman–Crippen MR) is 82.8 cm³/mol. The second-order valence-electron chi connectivity index (χ2n) is 4.73. The molecule has 0 saturated carbocycles. The zero-order valence-electron chi connectivity index (χ0n) is 12.7. The van der Waals surface area contributed by atoms with Crippen LogP contribution < -0.4 is 15.2 Å². The molecule has 0 aliphatic rings. The van der Waals surface area contributed by atoms with E-state index >= 15 is 0 Å². The van der Waals surface area contributed by atoms with E-state index in [1.165, 1.54) is 13.2 Å².